The molecule has 0 spiro atoms. The molecular weight excluding hydrogens is 246 g/mol. The molecule has 0 N–H and O–H groups in total. The van der Waals surface area contributed by atoms with E-state index in [2.05, 4.69) is 4.74 Å². The highest BCUT2D eigenvalue weighted by Crippen LogP contribution is 2.34. The topological polar surface area (TPSA) is 26.3 Å². The van der Waals surface area contributed by atoms with Gasteiger partial charge < -0.3 is 4.74 Å². The second-order valence-corrected chi connectivity index (χ2v) is 3.77. The Labute approximate surface area is 96.7 Å². The largest absolute Gasteiger partial charge is 0.468 e. The van der Waals surface area contributed by atoms with E-state index in [1.54, 1.807) is 18.2 Å². The first kappa shape index (κ1) is 11.6. The molecule has 0 aromatic heterocycles. The van der Waals surface area contributed by atoms with Gasteiger partial charge in [0.05, 0.1) is 7.11 Å². The third kappa shape index (κ3) is 2.32. The van der Waals surface area contributed by atoms with Crippen molar-refractivity contribution in [1.29, 1.82) is 0 Å². The van der Waals surface area contributed by atoms with Crippen LogP contribution in [-0.4, -0.2) is 13.1 Å². The minimum atomic E-state index is -0.971. The average molecular weight is 254 g/mol. The molecule has 1 rings (SSSR count). The predicted molar refractivity (Wildman–Crippen MR) is 57.1 cm³/mol. The molecule has 0 aliphatic heterocycles. The number of carbonyl (C=O) groups is 1. The van der Waals surface area contributed by atoms with Crippen LogP contribution in [0.15, 0.2) is 18.2 Å². The Morgan fingerprint density at radius 2 is 1.86 bits per heavy atom. The van der Waals surface area contributed by atoms with Crippen molar-refractivity contribution >= 4 is 40.8 Å². The lowest BCUT2D eigenvalue weighted by atomic mass is 10.1. The summed E-state index contributed by atoms with van der Waals surface area (Å²) >= 11 is 17.5. The average Bonchev–Trinajstić information content (AvgIpc) is 2.16. The Morgan fingerprint density at radius 1 is 1.36 bits per heavy atom. The first-order chi connectivity index (χ1) is 6.57. The molecule has 0 amide bonds. The summed E-state index contributed by atoms with van der Waals surface area (Å²) < 4.78 is 4.49. The highest BCUT2D eigenvalue weighted by Gasteiger charge is 2.23. The number of ether oxygens (including phenoxy) is 1. The van der Waals surface area contributed by atoms with Gasteiger partial charge in [-0.15, -0.1) is 11.6 Å². The summed E-state index contributed by atoms with van der Waals surface area (Å²) in [4.78, 5) is 11.1. The van der Waals surface area contributed by atoms with Gasteiger partial charge in [0.15, 0.2) is 5.38 Å². The van der Waals surface area contributed by atoms with Crippen molar-refractivity contribution in [3.8, 4) is 0 Å². The van der Waals surface area contributed by atoms with Crippen LogP contribution in [0, 0.1) is 0 Å². The molecule has 14 heavy (non-hydrogen) atoms. The van der Waals surface area contributed by atoms with Crippen LogP contribution in [0.4, 0.5) is 0 Å². The SMILES string of the molecule is COC(=O)[C@@H](Cl)c1c(Cl)cccc1Cl. The third-order valence-electron chi connectivity index (χ3n) is 1.66. The predicted octanol–water partition coefficient (Wildman–Crippen LogP) is 3.45. The quantitative estimate of drug-likeness (QED) is 0.596. The highest BCUT2D eigenvalue weighted by atomic mass is 35.5. The number of alkyl halides is 1. The number of halogens is 3. The van der Waals surface area contributed by atoms with Crippen molar-refractivity contribution in [2.24, 2.45) is 0 Å². The monoisotopic (exact) mass is 252 g/mol. The zero-order chi connectivity index (χ0) is 10.7. The molecule has 2 nitrogen and oxygen atoms in total. The maximum atomic E-state index is 11.1. The molecule has 1 aromatic carbocycles. The normalized spacial score (nSPS) is 12.3. The summed E-state index contributed by atoms with van der Waals surface area (Å²) in [5.41, 5.74) is 0.379. The molecule has 1 aromatic rings. The van der Waals surface area contributed by atoms with E-state index in [-0.39, 0.29) is 0 Å². The number of carbonyl (C=O) groups excluding carboxylic acids is 1. The molecule has 0 radical (unpaired) electrons. The molecule has 0 bridgehead atoms. The number of benzene rings is 1. The minimum Gasteiger partial charge on any atom is -0.468 e. The Hall–Kier alpha value is -0.440. The number of rotatable bonds is 2. The second-order valence-electron chi connectivity index (χ2n) is 2.52. The lowest BCUT2D eigenvalue weighted by molar-refractivity contribution is -0.140. The Balaban J connectivity index is 3.11. The van der Waals surface area contributed by atoms with Crippen LogP contribution < -0.4 is 0 Å². The van der Waals surface area contributed by atoms with Gasteiger partial charge in [0.2, 0.25) is 0 Å². The standard InChI is InChI=1S/C9H7Cl3O2/c1-14-9(13)8(12)7-5(10)3-2-4-6(7)11/h2-4,8H,1H3/t8-/m0/s1. The van der Waals surface area contributed by atoms with E-state index in [0.29, 0.717) is 15.6 Å². The van der Waals surface area contributed by atoms with Gasteiger partial charge in [-0.05, 0) is 12.1 Å². The lowest BCUT2D eigenvalue weighted by Crippen LogP contribution is -2.09. The van der Waals surface area contributed by atoms with Crippen LogP contribution in [0.3, 0.4) is 0 Å². The van der Waals surface area contributed by atoms with E-state index in [1.807, 2.05) is 0 Å². The van der Waals surface area contributed by atoms with Gasteiger partial charge in [0, 0.05) is 15.6 Å². The van der Waals surface area contributed by atoms with Crippen molar-refractivity contribution < 1.29 is 9.53 Å². The molecule has 0 unspecified atom stereocenters. The van der Waals surface area contributed by atoms with Crippen molar-refractivity contribution in [1.82, 2.24) is 0 Å². The summed E-state index contributed by atoms with van der Waals surface area (Å²) in [6.45, 7) is 0. The summed E-state index contributed by atoms with van der Waals surface area (Å²) in [5, 5.41) is -0.271. The minimum absolute atomic E-state index is 0.350. The van der Waals surface area contributed by atoms with Gasteiger partial charge in [0.1, 0.15) is 0 Å². The van der Waals surface area contributed by atoms with Crippen molar-refractivity contribution in [3.05, 3.63) is 33.8 Å². The van der Waals surface area contributed by atoms with E-state index in [0.717, 1.165) is 0 Å². The summed E-state index contributed by atoms with van der Waals surface area (Å²) in [5.74, 6) is -0.582. The molecule has 5 heteroatoms. The maximum Gasteiger partial charge on any atom is 0.328 e. The Kier molecular flexibility index (Phi) is 4.05. The number of hydrogen-bond donors (Lipinski definition) is 0. The lowest BCUT2D eigenvalue weighted by Gasteiger charge is -2.10. The van der Waals surface area contributed by atoms with E-state index in [4.69, 9.17) is 34.8 Å². The summed E-state index contributed by atoms with van der Waals surface area (Å²) in [7, 11) is 1.25. The molecule has 0 saturated heterocycles. The van der Waals surface area contributed by atoms with Gasteiger partial charge in [-0.3, -0.25) is 4.79 Å². The molecule has 1 atom stereocenters. The molecule has 0 aliphatic rings. The molecule has 0 saturated carbocycles. The van der Waals surface area contributed by atoms with Gasteiger partial charge in [-0.25, -0.2) is 0 Å². The number of esters is 1. The van der Waals surface area contributed by atoms with Crippen LogP contribution >= 0.6 is 34.8 Å². The van der Waals surface area contributed by atoms with E-state index in [1.165, 1.54) is 7.11 Å². The fraction of sp³-hybridized carbons (Fsp3) is 0.222. The molecule has 0 aliphatic carbocycles. The van der Waals surface area contributed by atoms with E-state index >= 15 is 0 Å². The zero-order valence-corrected chi connectivity index (χ0v) is 9.53. The van der Waals surface area contributed by atoms with Crippen LogP contribution in [0.5, 0.6) is 0 Å². The van der Waals surface area contributed by atoms with Crippen LogP contribution in [-0.2, 0) is 9.53 Å². The highest BCUT2D eigenvalue weighted by molar-refractivity contribution is 6.39. The Morgan fingerprint density at radius 3 is 2.29 bits per heavy atom. The fourth-order valence-electron chi connectivity index (χ4n) is 0.974. The summed E-state index contributed by atoms with van der Waals surface area (Å²) in [6, 6.07) is 4.90. The van der Waals surface area contributed by atoms with Crippen LogP contribution in [0.25, 0.3) is 0 Å². The van der Waals surface area contributed by atoms with Crippen molar-refractivity contribution in [2.45, 2.75) is 5.38 Å². The van der Waals surface area contributed by atoms with Crippen LogP contribution in [0.1, 0.15) is 10.9 Å². The van der Waals surface area contributed by atoms with Gasteiger partial charge in [-0.1, -0.05) is 29.3 Å². The maximum absolute atomic E-state index is 11.1. The second kappa shape index (κ2) is 4.87. The van der Waals surface area contributed by atoms with Gasteiger partial charge in [0.25, 0.3) is 0 Å². The summed E-state index contributed by atoms with van der Waals surface area (Å²) in [6.07, 6.45) is 0. The fourth-order valence-corrected chi connectivity index (χ4v) is 2.03. The first-order valence-electron chi connectivity index (χ1n) is 3.73. The zero-order valence-electron chi connectivity index (χ0n) is 7.26. The van der Waals surface area contributed by atoms with Gasteiger partial charge >= 0.3 is 5.97 Å². The molecule has 0 fully saturated rings. The molecule has 0 heterocycles. The number of hydrogen-bond acceptors (Lipinski definition) is 2. The van der Waals surface area contributed by atoms with Gasteiger partial charge in [-0.2, -0.15) is 0 Å². The Bertz CT molecular complexity index is 332. The number of methoxy groups -OCH3 is 1. The van der Waals surface area contributed by atoms with E-state index in [9.17, 15) is 4.79 Å². The van der Waals surface area contributed by atoms with Crippen molar-refractivity contribution in [2.75, 3.05) is 7.11 Å². The van der Waals surface area contributed by atoms with E-state index < -0.39 is 11.3 Å². The van der Waals surface area contributed by atoms with Crippen LogP contribution in [0.2, 0.25) is 10.0 Å². The smallest absolute Gasteiger partial charge is 0.328 e. The third-order valence-corrected chi connectivity index (χ3v) is 2.72. The first-order valence-corrected chi connectivity index (χ1v) is 4.93. The van der Waals surface area contributed by atoms with Crippen molar-refractivity contribution in [3.63, 3.8) is 0 Å². The molecular formula is C9H7Cl3O2. The molecule has 76 valence electrons.